The summed E-state index contributed by atoms with van der Waals surface area (Å²) in [6.45, 7) is 0.307. The number of hydrogen-bond acceptors (Lipinski definition) is 5. The molecule has 0 aromatic heterocycles. The van der Waals surface area contributed by atoms with Crippen LogP contribution in [0.1, 0.15) is 22.6 Å². The van der Waals surface area contributed by atoms with E-state index in [-0.39, 0.29) is 17.4 Å². The van der Waals surface area contributed by atoms with E-state index in [9.17, 15) is 14.8 Å². The first-order chi connectivity index (χ1) is 14.9. The topological polar surface area (TPSA) is 88.5 Å². The number of ether oxygens (including phenoxy) is 2. The van der Waals surface area contributed by atoms with Gasteiger partial charge in [0, 0.05) is 11.6 Å². The van der Waals surface area contributed by atoms with Crippen molar-refractivity contribution in [2.24, 2.45) is 5.73 Å². The van der Waals surface area contributed by atoms with Gasteiger partial charge in [-0.1, -0.05) is 18.2 Å². The summed E-state index contributed by atoms with van der Waals surface area (Å²) in [6, 6.07) is 17.0. The molecule has 0 fully saturated rings. The fourth-order valence-corrected chi connectivity index (χ4v) is 5.53. The zero-order valence-corrected chi connectivity index (χ0v) is 20.2. The van der Waals surface area contributed by atoms with Crippen molar-refractivity contribution in [3.05, 3.63) is 95.7 Å². The van der Waals surface area contributed by atoms with Crippen molar-refractivity contribution in [1.82, 2.24) is 0 Å². The van der Waals surface area contributed by atoms with Gasteiger partial charge in [0.05, 0.1) is 13.1 Å². The molecule has 1 aliphatic heterocycles. The van der Waals surface area contributed by atoms with Gasteiger partial charge in [-0.15, -0.1) is 0 Å². The average molecular weight is 640 g/mol. The second-order valence-corrected chi connectivity index (χ2v) is 9.20. The van der Waals surface area contributed by atoms with Gasteiger partial charge in [0.1, 0.15) is 41.3 Å². The van der Waals surface area contributed by atoms with Crippen LogP contribution in [0.2, 0.25) is 0 Å². The number of aromatic hydroxyl groups is 1. The molecule has 1 atom stereocenters. The molecule has 31 heavy (non-hydrogen) atoms. The van der Waals surface area contributed by atoms with Crippen LogP contribution >= 0.6 is 45.2 Å². The molecule has 0 bridgehead atoms. The number of rotatable bonds is 4. The van der Waals surface area contributed by atoms with E-state index in [1.165, 1.54) is 18.2 Å². The van der Waals surface area contributed by atoms with E-state index in [1.54, 1.807) is 24.3 Å². The molecule has 3 aromatic carbocycles. The maximum absolute atomic E-state index is 13.1. The Morgan fingerprint density at radius 1 is 1.10 bits per heavy atom. The Balaban J connectivity index is 1.70. The van der Waals surface area contributed by atoms with Crippen LogP contribution in [-0.4, -0.2) is 5.11 Å². The van der Waals surface area contributed by atoms with Gasteiger partial charge in [0.15, 0.2) is 0 Å². The van der Waals surface area contributed by atoms with E-state index < -0.39 is 5.92 Å². The highest BCUT2D eigenvalue weighted by Gasteiger charge is 2.31. The van der Waals surface area contributed by atoms with Crippen LogP contribution in [0.3, 0.4) is 0 Å². The fraction of sp³-hybridized carbons (Fsp3) is 0.0870. The zero-order chi connectivity index (χ0) is 22.1. The van der Waals surface area contributed by atoms with Gasteiger partial charge in [0.2, 0.25) is 5.88 Å². The Morgan fingerprint density at radius 2 is 1.77 bits per heavy atom. The van der Waals surface area contributed by atoms with Gasteiger partial charge in [-0.3, -0.25) is 0 Å². The highest BCUT2D eigenvalue weighted by molar-refractivity contribution is 14.1. The maximum atomic E-state index is 13.1. The molecule has 1 heterocycles. The second kappa shape index (κ2) is 8.92. The Labute approximate surface area is 205 Å². The molecule has 0 saturated carbocycles. The smallest absolute Gasteiger partial charge is 0.205 e. The van der Waals surface area contributed by atoms with Crippen LogP contribution in [0.25, 0.3) is 0 Å². The Bertz CT molecular complexity index is 1210. The molecule has 0 unspecified atom stereocenters. The Morgan fingerprint density at radius 3 is 2.42 bits per heavy atom. The molecule has 156 valence electrons. The predicted molar refractivity (Wildman–Crippen MR) is 130 cm³/mol. The number of allylic oxidation sites excluding steroid dienone is 1. The van der Waals surface area contributed by atoms with Crippen molar-refractivity contribution >= 4 is 45.2 Å². The molecule has 4 rings (SSSR count). The Hall–Kier alpha value is -2.52. The summed E-state index contributed by atoms with van der Waals surface area (Å²) >= 11 is 4.39. The lowest BCUT2D eigenvalue weighted by molar-refractivity contribution is 0.301. The largest absolute Gasteiger partial charge is 0.508 e. The molecule has 1 aliphatic rings. The third kappa shape index (κ3) is 4.43. The van der Waals surface area contributed by atoms with Gasteiger partial charge in [-0.05, 0) is 86.6 Å². The molecule has 0 amide bonds. The van der Waals surface area contributed by atoms with Crippen molar-refractivity contribution < 1.29 is 19.0 Å². The van der Waals surface area contributed by atoms with E-state index in [4.69, 9.17) is 15.2 Å². The molecule has 0 spiro atoms. The predicted octanol–water partition coefficient (Wildman–Crippen LogP) is 5.54. The Kier molecular flexibility index (Phi) is 6.24. The summed E-state index contributed by atoms with van der Waals surface area (Å²) in [5, 5.41) is 19.5. The van der Waals surface area contributed by atoms with Gasteiger partial charge in [-0.25, -0.2) is 4.39 Å². The second-order valence-electron chi connectivity index (χ2n) is 6.88. The van der Waals surface area contributed by atoms with Crippen LogP contribution in [-0.2, 0) is 6.61 Å². The summed E-state index contributed by atoms with van der Waals surface area (Å²) in [6.07, 6.45) is 0. The lowest BCUT2D eigenvalue weighted by atomic mass is 9.83. The highest BCUT2D eigenvalue weighted by Crippen LogP contribution is 2.45. The van der Waals surface area contributed by atoms with E-state index in [1.807, 2.05) is 12.1 Å². The molecule has 5 nitrogen and oxygen atoms in total. The summed E-state index contributed by atoms with van der Waals surface area (Å²) in [5.41, 5.74) is 8.78. The summed E-state index contributed by atoms with van der Waals surface area (Å²) in [7, 11) is 0. The lowest BCUT2D eigenvalue weighted by Gasteiger charge is -2.27. The number of phenols is 1. The number of halogens is 3. The van der Waals surface area contributed by atoms with Gasteiger partial charge >= 0.3 is 0 Å². The fourth-order valence-electron chi connectivity index (χ4n) is 3.41. The first kappa shape index (κ1) is 21.7. The van der Waals surface area contributed by atoms with E-state index >= 15 is 0 Å². The van der Waals surface area contributed by atoms with Gasteiger partial charge in [0.25, 0.3) is 0 Å². The SMILES string of the molecule is N#CC1=C(N)Oc2cc(O)ccc2[C@H]1c1cc(I)c(OCc2ccc(F)cc2)c(I)c1. The number of phenolic OH excluding ortho intramolecular Hbond substituents is 1. The van der Waals surface area contributed by atoms with Crippen molar-refractivity contribution in [1.29, 1.82) is 5.26 Å². The first-order valence-corrected chi connectivity index (χ1v) is 11.3. The average Bonchev–Trinajstić information content (AvgIpc) is 2.73. The van der Waals surface area contributed by atoms with Crippen LogP contribution in [0.4, 0.5) is 4.39 Å². The summed E-state index contributed by atoms with van der Waals surface area (Å²) in [5.74, 6) is 0.489. The number of hydrogen-bond donors (Lipinski definition) is 2. The van der Waals surface area contributed by atoms with Crippen LogP contribution < -0.4 is 15.2 Å². The molecule has 3 aromatic rings. The van der Waals surface area contributed by atoms with Crippen LogP contribution in [0.15, 0.2) is 66.1 Å². The van der Waals surface area contributed by atoms with Crippen molar-refractivity contribution in [3.8, 4) is 23.3 Å². The van der Waals surface area contributed by atoms with Crippen molar-refractivity contribution in [3.63, 3.8) is 0 Å². The van der Waals surface area contributed by atoms with Crippen LogP contribution in [0.5, 0.6) is 17.2 Å². The van der Waals surface area contributed by atoms with E-state index in [2.05, 4.69) is 51.3 Å². The molecular weight excluding hydrogens is 625 g/mol. The number of fused-ring (bicyclic) bond motifs is 1. The normalized spacial score (nSPS) is 15.1. The molecule has 0 radical (unpaired) electrons. The molecule has 0 saturated heterocycles. The zero-order valence-electron chi connectivity index (χ0n) is 15.9. The number of benzene rings is 3. The van der Waals surface area contributed by atoms with Gasteiger partial charge in [-0.2, -0.15) is 5.26 Å². The maximum Gasteiger partial charge on any atom is 0.205 e. The van der Waals surface area contributed by atoms with Crippen molar-refractivity contribution in [2.75, 3.05) is 0 Å². The minimum atomic E-state index is -0.428. The van der Waals surface area contributed by atoms with Crippen LogP contribution in [0, 0.1) is 24.3 Å². The van der Waals surface area contributed by atoms with E-state index in [0.717, 1.165) is 23.8 Å². The number of nitriles is 1. The first-order valence-electron chi connectivity index (χ1n) is 9.14. The van der Waals surface area contributed by atoms with Gasteiger partial charge < -0.3 is 20.3 Å². The summed E-state index contributed by atoms with van der Waals surface area (Å²) in [4.78, 5) is 0. The molecule has 8 heteroatoms. The minimum Gasteiger partial charge on any atom is -0.508 e. The highest BCUT2D eigenvalue weighted by atomic mass is 127. The third-order valence-electron chi connectivity index (χ3n) is 4.85. The standard InChI is InChI=1S/C23H15FI2N2O3/c24-14-3-1-12(2-4-14)11-30-22-18(25)7-13(8-19(22)26)21-16-6-5-15(29)9-20(16)31-23(28)17(21)10-27/h1-9,21,29H,11,28H2/t21-/m1/s1. The molecular formula is C23H15FI2N2O3. The lowest BCUT2D eigenvalue weighted by Crippen LogP contribution is -2.21. The summed E-state index contributed by atoms with van der Waals surface area (Å²) < 4.78 is 26.4. The third-order valence-corrected chi connectivity index (χ3v) is 6.46. The molecule has 0 aliphatic carbocycles. The number of nitrogens with zero attached hydrogens (tertiary/aromatic N) is 1. The number of nitrogens with two attached hydrogens (primary N) is 1. The minimum absolute atomic E-state index is 0.0206. The van der Waals surface area contributed by atoms with Crippen molar-refractivity contribution in [2.45, 2.75) is 12.5 Å². The van der Waals surface area contributed by atoms with E-state index in [0.29, 0.717) is 23.7 Å². The monoisotopic (exact) mass is 640 g/mol. The quantitative estimate of drug-likeness (QED) is 0.366. The molecule has 3 N–H and O–H groups in total.